The monoisotopic (exact) mass is 426 g/mol. The van der Waals surface area contributed by atoms with Gasteiger partial charge in [0.1, 0.15) is 5.82 Å². The predicted molar refractivity (Wildman–Crippen MR) is 123 cm³/mol. The Morgan fingerprint density at radius 3 is 2.12 bits per heavy atom. The van der Waals surface area contributed by atoms with E-state index in [1.165, 1.54) is 4.90 Å². The fourth-order valence-corrected chi connectivity index (χ4v) is 4.24. The molecule has 0 bridgehead atoms. The Morgan fingerprint density at radius 1 is 1.06 bits per heavy atom. The molecule has 4 rings (SSSR count). The number of rotatable bonds is 6. The number of imide groups is 1. The van der Waals surface area contributed by atoms with Crippen LogP contribution in [0.25, 0.3) is 0 Å². The summed E-state index contributed by atoms with van der Waals surface area (Å²) in [7, 11) is 0. The quantitative estimate of drug-likeness (QED) is 0.602. The smallest absolute Gasteiger partial charge is 0.234 e. The van der Waals surface area contributed by atoms with Crippen molar-refractivity contribution in [1.82, 2.24) is 9.88 Å². The van der Waals surface area contributed by atoms with Gasteiger partial charge in [-0.15, -0.1) is 0 Å². The first-order valence-electron chi connectivity index (χ1n) is 10.5. The number of nitrogen functional groups attached to an aromatic ring is 1. The molecule has 0 unspecified atom stereocenters. The number of anilines is 1. The number of hydrogen-bond acceptors (Lipinski definition) is 5. The van der Waals surface area contributed by atoms with Crippen molar-refractivity contribution < 1.29 is 9.59 Å². The number of carbonyl (C=O) groups is 2. The highest BCUT2D eigenvalue weighted by Crippen LogP contribution is 2.34. The van der Waals surface area contributed by atoms with Crippen LogP contribution < -0.4 is 5.73 Å². The van der Waals surface area contributed by atoms with Gasteiger partial charge in [-0.05, 0) is 42.2 Å². The van der Waals surface area contributed by atoms with Crippen molar-refractivity contribution in [2.75, 3.05) is 5.73 Å². The van der Waals surface area contributed by atoms with Gasteiger partial charge in [0.15, 0.2) is 0 Å². The molecule has 0 saturated carbocycles. The average molecular weight is 427 g/mol. The number of nitriles is 1. The number of hydrogen-bond donors (Lipinski definition) is 1. The highest BCUT2D eigenvalue weighted by Gasteiger charge is 2.47. The van der Waals surface area contributed by atoms with Gasteiger partial charge in [0, 0.05) is 31.1 Å². The van der Waals surface area contributed by atoms with Crippen molar-refractivity contribution in [3.63, 3.8) is 0 Å². The Morgan fingerprint density at radius 2 is 1.62 bits per heavy atom. The molecule has 2 N–H and O–H groups in total. The molecule has 2 amide bonds. The highest BCUT2D eigenvalue weighted by molar-refractivity contribution is 6.02. The minimum absolute atomic E-state index is 0.0843. The van der Waals surface area contributed by atoms with Gasteiger partial charge in [-0.3, -0.25) is 14.5 Å². The van der Waals surface area contributed by atoms with Gasteiger partial charge in [-0.25, -0.2) is 10.2 Å². The summed E-state index contributed by atoms with van der Waals surface area (Å²) in [6, 6.07) is 23.5. The lowest BCUT2D eigenvalue weighted by atomic mass is 9.81. The van der Waals surface area contributed by atoms with Crippen molar-refractivity contribution in [3.05, 3.63) is 95.7 Å². The standard InChI is InChI=1S/C25H25N3O2.CHN/c1-17-21(14-18-12-13-27-23(26)15-18)25(30)28(17)24(29)16-22(19-8-4-2-5-9-19)20-10-6-3-7-11-20;1-2/h2-13,15,17,21-22H,14,16H2,1H3,(H2,26,27);1H/t17-,21-;/m1./s1. The molecule has 1 aliphatic rings. The van der Waals surface area contributed by atoms with Crippen molar-refractivity contribution in [2.45, 2.75) is 31.7 Å². The molecule has 32 heavy (non-hydrogen) atoms. The molecule has 2 aromatic carbocycles. The van der Waals surface area contributed by atoms with Gasteiger partial charge in [-0.2, -0.15) is 0 Å². The maximum absolute atomic E-state index is 13.1. The van der Waals surface area contributed by atoms with E-state index < -0.39 is 0 Å². The van der Waals surface area contributed by atoms with Crippen LogP contribution in [0.2, 0.25) is 0 Å². The number of nitrogens with two attached hydrogens (primary N) is 1. The molecule has 0 spiro atoms. The summed E-state index contributed by atoms with van der Waals surface area (Å²) in [5.74, 6) is -0.0894. The fourth-order valence-electron chi connectivity index (χ4n) is 4.24. The second-order valence-electron chi connectivity index (χ2n) is 7.82. The maximum Gasteiger partial charge on any atom is 0.234 e. The summed E-state index contributed by atoms with van der Waals surface area (Å²) in [6.07, 6.45) is 2.47. The van der Waals surface area contributed by atoms with Gasteiger partial charge >= 0.3 is 0 Å². The molecule has 1 aromatic heterocycles. The van der Waals surface area contributed by atoms with E-state index in [0.29, 0.717) is 12.2 Å². The number of likely N-dealkylation sites (tertiary alicyclic amines) is 1. The highest BCUT2D eigenvalue weighted by atomic mass is 16.2. The molecule has 162 valence electrons. The van der Waals surface area contributed by atoms with E-state index in [1.807, 2.05) is 73.7 Å². The zero-order valence-corrected chi connectivity index (χ0v) is 18.0. The van der Waals surface area contributed by atoms with E-state index in [9.17, 15) is 9.59 Å². The van der Waals surface area contributed by atoms with E-state index >= 15 is 0 Å². The Hall–Kier alpha value is -3.98. The molecule has 1 fully saturated rings. The molecule has 6 nitrogen and oxygen atoms in total. The number of nitrogens with zero attached hydrogens (tertiary/aromatic N) is 3. The first-order valence-corrected chi connectivity index (χ1v) is 10.5. The zero-order chi connectivity index (χ0) is 23.1. The average Bonchev–Trinajstić information content (AvgIpc) is 2.83. The van der Waals surface area contributed by atoms with Crippen molar-refractivity contribution in [1.29, 1.82) is 5.26 Å². The molecular formula is C26H26N4O2. The van der Waals surface area contributed by atoms with E-state index in [-0.39, 0.29) is 36.1 Å². The third kappa shape index (κ3) is 4.84. The lowest BCUT2D eigenvalue weighted by molar-refractivity contribution is -0.165. The molecular weight excluding hydrogens is 400 g/mol. The van der Waals surface area contributed by atoms with Crippen molar-refractivity contribution >= 4 is 17.6 Å². The van der Waals surface area contributed by atoms with Crippen LogP contribution in [-0.4, -0.2) is 27.7 Å². The third-order valence-corrected chi connectivity index (χ3v) is 5.90. The van der Waals surface area contributed by atoms with Crippen LogP contribution >= 0.6 is 0 Å². The number of β-lactam (4-membered cyclic amide) rings is 1. The first kappa shape index (κ1) is 22.7. The number of aromatic nitrogens is 1. The molecule has 2 atom stereocenters. The van der Waals surface area contributed by atoms with Crippen LogP contribution in [0.4, 0.5) is 5.82 Å². The Bertz CT molecular complexity index is 1040. The topological polar surface area (TPSA) is 100 Å². The molecule has 2 heterocycles. The van der Waals surface area contributed by atoms with Gasteiger partial charge in [0.2, 0.25) is 11.8 Å². The first-order chi connectivity index (χ1) is 15.5. The van der Waals surface area contributed by atoms with Crippen LogP contribution in [0.15, 0.2) is 79.0 Å². The van der Waals surface area contributed by atoms with Gasteiger partial charge in [0.05, 0.1) is 5.92 Å². The van der Waals surface area contributed by atoms with Crippen LogP contribution in [0.1, 0.15) is 36.0 Å². The Kier molecular flexibility index (Phi) is 7.35. The van der Waals surface area contributed by atoms with E-state index in [0.717, 1.165) is 16.7 Å². The van der Waals surface area contributed by atoms with E-state index in [1.54, 1.807) is 12.3 Å². The normalized spacial score (nSPS) is 17.2. The van der Waals surface area contributed by atoms with Crippen LogP contribution in [0.3, 0.4) is 0 Å². The second kappa shape index (κ2) is 10.4. The lowest BCUT2D eigenvalue weighted by Gasteiger charge is -2.44. The summed E-state index contributed by atoms with van der Waals surface area (Å²) in [4.78, 5) is 31.4. The second-order valence-corrected chi connectivity index (χ2v) is 7.82. The number of carbonyl (C=O) groups excluding carboxylic acids is 2. The molecule has 0 radical (unpaired) electrons. The summed E-state index contributed by atoms with van der Waals surface area (Å²) in [5, 5.41) is 6.50. The summed E-state index contributed by atoms with van der Waals surface area (Å²) >= 11 is 0. The number of benzene rings is 2. The zero-order valence-electron chi connectivity index (χ0n) is 18.0. The largest absolute Gasteiger partial charge is 0.384 e. The Labute approximate surface area is 188 Å². The van der Waals surface area contributed by atoms with Gasteiger partial charge < -0.3 is 5.73 Å². The molecule has 6 heteroatoms. The fraction of sp³-hybridized carbons (Fsp3) is 0.231. The molecule has 1 saturated heterocycles. The van der Waals surface area contributed by atoms with Crippen LogP contribution in [-0.2, 0) is 16.0 Å². The summed E-state index contributed by atoms with van der Waals surface area (Å²) in [5.41, 5.74) is 8.85. The third-order valence-electron chi connectivity index (χ3n) is 5.90. The predicted octanol–water partition coefficient (Wildman–Crippen LogP) is 3.94. The molecule has 0 aliphatic carbocycles. The van der Waals surface area contributed by atoms with E-state index in [2.05, 4.69) is 11.6 Å². The van der Waals surface area contributed by atoms with Gasteiger partial charge in [-0.1, -0.05) is 60.7 Å². The summed E-state index contributed by atoms with van der Waals surface area (Å²) in [6.45, 7) is 5.44. The number of amides is 2. The van der Waals surface area contributed by atoms with Gasteiger partial charge in [0.25, 0.3) is 0 Å². The van der Waals surface area contributed by atoms with Crippen LogP contribution in [0.5, 0.6) is 0 Å². The lowest BCUT2D eigenvalue weighted by Crippen LogP contribution is -2.62. The molecule has 1 aliphatic heterocycles. The minimum atomic E-state index is -0.206. The maximum atomic E-state index is 13.1. The van der Waals surface area contributed by atoms with Crippen molar-refractivity contribution in [2.24, 2.45) is 5.92 Å². The van der Waals surface area contributed by atoms with Crippen molar-refractivity contribution in [3.8, 4) is 6.57 Å². The van der Waals surface area contributed by atoms with Crippen LogP contribution in [0, 0.1) is 17.8 Å². The SMILES string of the molecule is C#N.C[C@@H]1[C@@H](Cc2ccnc(N)c2)C(=O)N1C(=O)CC(c1ccccc1)c1ccccc1. The molecule has 3 aromatic rings. The summed E-state index contributed by atoms with van der Waals surface area (Å²) < 4.78 is 0. The number of pyridine rings is 1. The Balaban J connectivity index is 0.00000141. The van der Waals surface area contributed by atoms with E-state index in [4.69, 9.17) is 11.0 Å². The minimum Gasteiger partial charge on any atom is -0.384 e.